The number of ether oxygens (including phenoxy) is 1. The maximum Gasteiger partial charge on any atom is 0.340 e. The van der Waals surface area contributed by atoms with Crippen molar-refractivity contribution >= 4 is 11.7 Å². The highest BCUT2D eigenvalue weighted by Gasteiger charge is 2.28. The minimum atomic E-state index is -3.10. The Bertz CT molecular complexity index is 700. The fraction of sp³-hybridized carbons (Fsp3) is 0.167. The van der Waals surface area contributed by atoms with E-state index in [9.17, 15) is 23.7 Å². The second-order valence-electron chi connectivity index (χ2n) is 3.91. The molecule has 9 heteroatoms. The fourth-order valence-electron chi connectivity index (χ4n) is 1.75. The summed E-state index contributed by atoms with van der Waals surface area (Å²) in [5, 5.41) is 14.3. The number of nitrogens with zero attached hydrogens (tertiary/aromatic N) is 3. The number of hydrogen-bond acceptors (Lipinski definition) is 5. The van der Waals surface area contributed by atoms with E-state index in [2.05, 4.69) is 9.84 Å². The molecule has 7 nitrogen and oxygen atoms in total. The third-order valence-corrected chi connectivity index (χ3v) is 2.68. The summed E-state index contributed by atoms with van der Waals surface area (Å²) in [5.74, 6) is -0.706. The van der Waals surface area contributed by atoms with Crippen LogP contribution in [0.4, 0.5) is 14.5 Å². The van der Waals surface area contributed by atoms with Crippen molar-refractivity contribution in [1.82, 2.24) is 9.78 Å². The van der Waals surface area contributed by atoms with Crippen molar-refractivity contribution in [2.24, 2.45) is 0 Å². The van der Waals surface area contributed by atoms with Gasteiger partial charge in [0.15, 0.2) is 0 Å². The lowest BCUT2D eigenvalue weighted by Crippen LogP contribution is -2.08. The molecule has 1 heterocycles. The summed E-state index contributed by atoms with van der Waals surface area (Å²) in [7, 11) is 1.16. The molecule has 0 aliphatic rings. The van der Waals surface area contributed by atoms with Gasteiger partial charge in [0.1, 0.15) is 6.20 Å². The number of nitro groups is 1. The molecule has 0 bridgehead atoms. The highest BCUT2D eigenvalue weighted by molar-refractivity contribution is 5.93. The van der Waals surface area contributed by atoms with Crippen LogP contribution < -0.4 is 0 Å². The van der Waals surface area contributed by atoms with Gasteiger partial charge in [0.05, 0.1) is 23.3 Å². The number of alkyl halides is 2. The molecule has 0 spiro atoms. The number of carbonyl (C=O) groups excluding carboxylic acids is 1. The van der Waals surface area contributed by atoms with Crippen molar-refractivity contribution in [3.63, 3.8) is 0 Å². The number of rotatable bonds is 4. The van der Waals surface area contributed by atoms with Gasteiger partial charge in [0.2, 0.25) is 5.69 Å². The first-order valence-electron chi connectivity index (χ1n) is 5.65. The van der Waals surface area contributed by atoms with Crippen molar-refractivity contribution in [3.05, 3.63) is 51.8 Å². The molecule has 1 aromatic carbocycles. The van der Waals surface area contributed by atoms with Crippen LogP contribution in [0, 0.1) is 10.1 Å². The van der Waals surface area contributed by atoms with E-state index in [0.29, 0.717) is 0 Å². The average molecular weight is 297 g/mol. The Labute approximate surface area is 116 Å². The molecule has 0 saturated heterocycles. The molecule has 0 fully saturated rings. The molecule has 0 radical (unpaired) electrons. The van der Waals surface area contributed by atoms with Gasteiger partial charge >= 0.3 is 11.7 Å². The summed E-state index contributed by atoms with van der Waals surface area (Å²) < 4.78 is 31.0. The lowest BCUT2D eigenvalue weighted by Gasteiger charge is -2.06. The van der Waals surface area contributed by atoms with Crippen molar-refractivity contribution in [1.29, 1.82) is 0 Å². The number of aromatic nitrogens is 2. The number of hydrogen-bond donors (Lipinski definition) is 0. The molecule has 0 atom stereocenters. The summed E-state index contributed by atoms with van der Waals surface area (Å²) >= 11 is 0. The average Bonchev–Trinajstić information content (AvgIpc) is 2.92. The van der Waals surface area contributed by atoms with Crippen molar-refractivity contribution in [2.45, 2.75) is 6.43 Å². The maximum atomic E-state index is 12.8. The SMILES string of the molecule is COC(=O)c1ccccc1-n1cc([N+](=O)[O-])c(C(F)F)n1. The molecule has 0 N–H and O–H groups in total. The number of esters is 1. The minimum Gasteiger partial charge on any atom is -0.465 e. The fourth-order valence-corrected chi connectivity index (χ4v) is 1.75. The molecule has 0 aliphatic heterocycles. The topological polar surface area (TPSA) is 87.3 Å². The number of halogens is 2. The Hall–Kier alpha value is -2.84. The van der Waals surface area contributed by atoms with E-state index in [-0.39, 0.29) is 11.3 Å². The van der Waals surface area contributed by atoms with Gasteiger partial charge in [0.25, 0.3) is 6.43 Å². The summed E-state index contributed by atoms with van der Waals surface area (Å²) in [6, 6.07) is 5.90. The van der Waals surface area contributed by atoms with Crippen LogP contribution in [0.1, 0.15) is 22.5 Å². The Morgan fingerprint density at radius 2 is 2.10 bits per heavy atom. The monoisotopic (exact) mass is 297 g/mol. The highest BCUT2D eigenvalue weighted by atomic mass is 19.3. The quantitative estimate of drug-likeness (QED) is 0.491. The van der Waals surface area contributed by atoms with Gasteiger partial charge in [-0.2, -0.15) is 5.10 Å². The number of benzene rings is 1. The zero-order valence-corrected chi connectivity index (χ0v) is 10.7. The van der Waals surface area contributed by atoms with Crippen LogP contribution in [0.2, 0.25) is 0 Å². The molecule has 1 aromatic heterocycles. The van der Waals surface area contributed by atoms with E-state index in [4.69, 9.17) is 0 Å². The van der Waals surface area contributed by atoms with Crippen LogP contribution in [0.3, 0.4) is 0 Å². The van der Waals surface area contributed by atoms with E-state index in [1.165, 1.54) is 18.2 Å². The summed E-state index contributed by atoms with van der Waals surface area (Å²) in [5.41, 5.74) is -1.61. The third kappa shape index (κ3) is 2.71. The van der Waals surface area contributed by atoms with Gasteiger partial charge in [0, 0.05) is 0 Å². The predicted octanol–water partition coefficient (Wildman–Crippen LogP) is 2.50. The van der Waals surface area contributed by atoms with Crippen molar-refractivity contribution in [2.75, 3.05) is 7.11 Å². The molecule has 0 unspecified atom stereocenters. The van der Waals surface area contributed by atoms with Gasteiger partial charge in [-0.3, -0.25) is 10.1 Å². The normalized spacial score (nSPS) is 10.7. The third-order valence-electron chi connectivity index (χ3n) is 2.68. The Kier molecular flexibility index (Phi) is 3.92. The largest absolute Gasteiger partial charge is 0.465 e. The van der Waals surface area contributed by atoms with Gasteiger partial charge in [-0.15, -0.1) is 0 Å². The molecule has 2 rings (SSSR count). The van der Waals surface area contributed by atoms with Crippen LogP contribution >= 0.6 is 0 Å². The predicted molar refractivity (Wildman–Crippen MR) is 66.5 cm³/mol. The molecule has 110 valence electrons. The van der Waals surface area contributed by atoms with Gasteiger partial charge < -0.3 is 4.74 Å². The van der Waals surface area contributed by atoms with Crippen LogP contribution in [-0.4, -0.2) is 27.8 Å². The first kappa shape index (κ1) is 14.6. The van der Waals surface area contributed by atoms with E-state index < -0.39 is 28.7 Å². The Morgan fingerprint density at radius 3 is 2.62 bits per heavy atom. The molecule has 0 aliphatic carbocycles. The molecular weight excluding hydrogens is 288 g/mol. The van der Waals surface area contributed by atoms with Crippen molar-refractivity contribution in [3.8, 4) is 5.69 Å². The molecule has 0 amide bonds. The first-order chi connectivity index (χ1) is 9.95. The summed E-state index contributed by atoms with van der Waals surface area (Å²) in [4.78, 5) is 21.4. The van der Waals surface area contributed by atoms with Crippen molar-refractivity contribution < 1.29 is 23.2 Å². The number of para-hydroxylation sites is 1. The number of methoxy groups -OCH3 is 1. The molecular formula is C12H9F2N3O4. The summed E-state index contributed by atoms with van der Waals surface area (Å²) in [6.45, 7) is 0. The van der Waals surface area contributed by atoms with Gasteiger partial charge in [-0.05, 0) is 12.1 Å². The van der Waals surface area contributed by atoms with E-state index in [0.717, 1.165) is 18.0 Å². The molecule has 2 aromatic rings. The maximum absolute atomic E-state index is 12.8. The summed E-state index contributed by atoms with van der Waals surface area (Å²) in [6.07, 6.45) is -2.26. The minimum absolute atomic E-state index is 0.0539. The van der Waals surface area contributed by atoms with Crippen LogP contribution in [0.15, 0.2) is 30.5 Å². The Morgan fingerprint density at radius 1 is 1.43 bits per heavy atom. The van der Waals surface area contributed by atoms with E-state index in [1.54, 1.807) is 6.07 Å². The zero-order chi connectivity index (χ0) is 15.6. The second-order valence-corrected chi connectivity index (χ2v) is 3.91. The number of carbonyl (C=O) groups is 1. The highest BCUT2D eigenvalue weighted by Crippen LogP contribution is 2.29. The smallest absolute Gasteiger partial charge is 0.340 e. The first-order valence-corrected chi connectivity index (χ1v) is 5.65. The van der Waals surface area contributed by atoms with E-state index in [1.807, 2.05) is 0 Å². The molecule has 21 heavy (non-hydrogen) atoms. The van der Waals surface area contributed by atoms with Crippen LogP contribution in [-0.2, 0) is 4.74 Å². The van der Waals surface area contributed by atoms with Gasteiger partial charge in [-0.25, -0.2) is 18.3 Å². The van der Waals surface area contributed by atoms with E-state index >= 15 is 0 Å². The van der Waals surface area contributed by atoms with Crippen LogP contribution in [0.5, 0.6) is 0 Å². The molecule has 0 saturated carbocycles. The zero-order valence-electron chi connectivity index (χ0n) is 10.7. The second kappa shape index (κ2) is 5.65. The lowest BCUT2D eigenvalue weighted by atomic mass is 10.2. The standard InChI is InChI=1S/C12H9F2N3O4/c1-21-12(18)7-4-2-3-5-8(7)16-6-9(17(19)20)10(15-16)11(13)14/h2-6,11H,1H3. The lowest BCUT2D eigenvalue weighted by molar-refractivity contribution is -0.386. The van der Waals surface area contributed by atoms with Crippen LogP contribution in [0.25, 0.3) is 5.69 Å². The van der Waals surface area contributed by atoms with Gasteiger partial charge in [-0.1, -0.05) is 12.1 Å². The Balaban J connectivity index is 2.60.